The molecule has 8 unspecified atom stereocenters. The average molecular weight is 969 g/mol. The van der Waals surface area contributed by atoms with Gasteiger partial charge in [-0.1, -0.05) is 13.8 Å². The monoisotopic (exact) mass is 966 g/mol. The molecule has 2 aliphatic heterocycles. The second kappa shape index (κ2) is 20.8. The van der Waals surface area contributed by atoms with Gasteiger partial charge in [0.25, 0.3) is 0 Å². The molecule has 4 bridgehead atoms. The zero-order chi connectivity index (χ0) is 41.8. The van der Waals surface area contributed by atoms with E-state index in [-0.39, 0.29) is 94.5 Å². The Morgan fingerprint density at radius 2 is 0.900 bits per heavy atom. The summed E-state index contributed by atoms with van der Waals surface area (Å²) in [6.45, 7) is 6.74. The molecule has 8 atom stereocenters. The van der Waals surface area contributed by atoms with Crippen molar-refractivity contribution in [2.24, 2.45) is 11.8 Å². The number of halogens is 2. The van der Waals surface area contributed by atoms with Gasteiger partial charge < -0.3 is 80.8 Å². The lowest BCUT2D eigenvalue weighted by atomic mass is 9.88. The topological polar surface area (TPSA) is 142 Å². The molecule has 332 valence electrons. The number of carbonyl (C=O) groups is 4. The number of methoxy groups -OCH3 is 4. The van der Waals surface area contributed by atoms with Crippen molar-refractivity contribution in [3.63, 3.8) is 0 Å². The summed E-state index contributed by atoms with van der Waals surface area (Å²) in [6.07, 6.45) is 7.40. The maximum atomic E-state index is 13.0. The number of esters is 4. The molecule has 0 spiro atoms. The van der Waals surface area contributed by atoms with Crippen molar-refractivity contribution in [3.8, 4) is 34.5 Å². The fourth-order valence-electron chi connectivity index (χ4n) is 10.1. The van der Waals surface area contributed by atoms with Gasteiger partial charge in [0.15, 0.2) is 23.0 Å². The first kappa shape index (κ1) is 48.8. The van der Waals surface area contributed by atoms with Gasteiger partial charge in [-0.3, -0.25) is 9.59 Å². The first-order valence-corrected chi connectivity index (χ1v) is 20.4. The quantitative estimate of drug-likeness (QED) is 0.0945. The zero-order valence-corrected chi connectivity index (χ0v) is 39.1. The fourth-order valence-corrected chi connectivity index (χ4v) is 10.1. The Kier molecular flexibility index (Phi) is 16.9. The minimum atomic E-state index is -0.543. The Morgan fingerprint density at radius 1 is 0.567 bits per heavy atom. The summed E-state index contributed by atoms with van der Waals surface area (Å²) in [5.41, 5.74) is 1.99. The van der Waals surface area contributed by atoms with Crippen molar-refractivity contribution in [1.29, 1.82) is 0 Å². The highest BCUT2D eigenvalue weighted by atomic mass is 79.9. The second-order valence-corrected chi connectivity index (χ2v) is 16.9. The molecule has 2 aromatic rings. The van der Waals surface area contributed by atoms with Crippen molar-refractivity contribution in [3.05, 3.63) is 47.5 Å². The smallest absolute Gasteiger partial charge is 0.331 e. The van der Waals surface area contributed by atoms with E-state index in [9.17, 15) is 19.2 Å². The summed E-state index contributed by atoms with van der Waals surface area (Å²) in [4.78, 5) is 50.1. The normalized spacial score (nSPS) is 27.5. The van der Waals surface area contributed by atoms with Crippen molar-refractivity contribution in [1.82, 2.24) is 0 Å². The molecular weight excluding hydrogens is 908 g/mol. The van der Waals surface area contributed by atoms with E-state index in [1.807, 2.05) is 24.3 Å². The highest BCUT2D eigenvalue weighted by molar-refractivity contribution is 5.91. The van der Waals surface area contributed by atoms with E-state index in [0.717, 1.165) is 71.7 Å². The van der Waals surface area contributed by atoms with E-state index in [0.29, 0.717) is 47.9 Å². The lowest BCUT2D eigenvalue weighted by molar-refractivity contribution is -0.934. The third-order valence-corrected chi connectivity index (χ3v) is 12.6. The van der Waals surface area contributed by atoms with Crippen LogP contribution in [0.5, 0.6) is 34.5 Å². The van der Waals surface area contributed by atoms with Crippen molar-refractivity contribution >= 4 is 23.9 Å². The molecule has 0 N–H and O–H groups in total. The van der Waals surface area contributed by atoms with Crippen LogP contribution in [0.25, 0.3) is 0 Å². The molecule has 2 aromatic carbocycles. The van der Waals surface area contributed by atoms with E-state index in [2.05, 4.69) is 14.1 Å². The Balaban J connectivity index is 0.00000397. The van der Waals surface area contributed by atoms with Gasteiger partial charge in [0, 0.05) is 73.6 Å². The van der Waals surface area contributed by atoms with Crippen LogP contribution in [0, 0.1) is 11.8 Å². The van der Waals surface area contributed by atoms with Crippen LogP contribution in [-0.2, 0) is 41.7 Å². The van der Waals surface area contributed by atoms with Crippen LogP contribution >= 0.6 is 0 Å². The van der Waals surface area contributed by atoms with Crippen LogP contribution in [0.3, 0.4) is 0 Å². The molecule has 0 radical (unpaired) electrons. The molecule has 2 saturated heterocycles. The van der Waals surface area contributed by atoms with E-state index >= 15 is 0 Å². The molecule has 2 heterocycles. The molecule has 6 rings (SSSR count). The van der Waals surface area contributed by atoms with Gasteiger partial charge in [0.1, 0.15) is 25.3 Å². The Morgan fingerprint density at radius 3 is 1.20 bits per heavy atom. The molecule has 0 amide bonds. The number of rotatable bonds is 16. The first-order chi connectivity index (χ1) is 27.7. The Hall–Kier alpha value is -3.86. The number of quaternary nitrogens is 2. The third kappa shape index (κ3) is 11.1. The maximum Gasteiger partial charge on any atom is 0.331 e. The van der Waals surface area contributed by atoms with Crippen LogP contribution in [0.15, 0.2) is 36.4 Å². The molecule has 16 heteroatoms. The summed E-state index contributed by atoms with van der Waals surface area (Å²) in [5.74, 6) is 1.26. The van der Waals surface area contributed by atoms with Crippen LogP contribution in [0.4, 0.5) is 0 Å². The fraction of sp³-hybridized carbons (Fsp3) is 0.591. The minimum Gasteiger partial charge on any atom is -1.00 e. The lowest BCUT2D eigenvalue weighted by Gasteiger charge is -2.37. The van der Waals surface area contributed by atoms with E-state index in [4.69, 9.17) is 37.9 Å². The molecule has 14 nitrogen and oxygen atoms in total. The molecule has 2 saturated carbocycles. The largest absolute Gasteiger partial charge is 1.00 e. The summed E-state index contributed by atoms with van der Waals surface area (Å²) in [5, 5.41) is 0. The van der Waals surface area contributed by atoms with E-state index < -0.39 is 11.9 Å². The van der Waals surface area contributed by atoms with Gasteiger partial charge in [-0.25, -0.2) is 9.59 Å². The molecular formula is C44H60Br2N2O12. The molecule has 0 aromatic heterocycles. The summed E-state index contributed by atoms with van der Waals surface area (Å²) in [6, 6.07) is 8.15. The van der Waals surface area contributed by atoms with Gasteiger partial charge in [-0.2, -0.15) is 0 Å². The zero-order valence-electron chi connectivity index (χ0n) is 36.0. The SMILES string of the molecule is CCC(=O)Oc1c(OC)cc(C[N+]2(C)CC3CC(OC(=O)/C=C/C(=O)OC4CC5CC(C4)[N+](C)(Cc4cc(OC)c(OC(=O)CC)c(OC)c4)C5)CC2C3)cc1OC.[Br-].[Br-]. The first-order valence-electron chi connectivity index (χ1n) is 20.4. The van der Waals surface area contributed by atoms with Crippen molar-refractivity contribution < 1.29 is 100 Å². The Labute approximate surface area is 374 Å². The van der Waals surface area contributed by atoms with Crippen LogP contribution in [-0.4, -0.2) is 113 Å². The minimum absolute atomic E-state index is 0. The van der Waals surface area contributed by atoms with Crippen molar-refractivity contribution in [2.45, 2.75) is 103 Å². The van der Waals surface area contributed by atoms with Crippen LogP contribution in [0.1, 0.15) is 76.3 Å². The standard InChI is InChI=1S/C44H60N2O12.2BrH/c1-9-39(47)57-43-35(51-5)17-29(18-36(43)52-6)25-45(3)23-27-13-31(45)21-33(15-27)55-41(49)11-12-42(50)56-34-16-28-14-32(22-34)46(4,24-28)26-30-19-37(53-7)44(38(20-30)54-8)58-40(48)10-2;;/h11-12,17-20,27-28,31-34H,9-10,13-16,21-26H2,1-8H3;2*1H/q+2;;/p-2/b12-11+;;. The lowest BCUT2D eigenvalue weighted by Crippen LogP contribution is -3.00. The number of hydrogen-bond acceptors (Lipinski definition) is 12. The number of nitrogens with zero attached hydrogens (tertiary/aromatic N) is 2. The summed E-state index contributed by atoms with van der Waals surface area (Å²) < 4.78 is 46.7. The van der Waals surface area contributed by atoms with Gasteiger partial charge in [0.2, 0.25) is 11.5 Å². The predicted molar refractivity (Wildman–Crippen MR) is 212 cm³/mol. The third-order valence-electron chi connectivity index (χ3n) is 12.6. The second-order valence-electron chi connectivity index (χ2n) is 16.9. The summed E-state index contributed by atoms with van der Waals surface area (Å²) >= 11 is 0. The number of carbonyl (C=O) groups excluding carboxylic acids is 4. The molecule has 60 heavy (non-hydrogen) atoms. The number of likely N-dealkylation sites (tertiary alicyclic amines) is 2. The Bertz CT molecular complexity index is 1730. The predicted octanol–water partition coefficient (Wildman–Crippen LogP) is -0.302. The van der Waals surface area contributed by atoms with Gasteiger partial charge in [-0.15, -0.1) is 0 Å². The van der Waals surface area contributed by atoms with E-state index in [1.165, 1.54) is 12.2 Å². The number of benzene rings is 2. The highest BCUT2D eigenvalue weighted by Gasteiger charge is 2.51. The summed E-state index contributed by atoms with van der Waals surface area (Å²) in [7, 11) is 10.6. The molecule has 4 fully saturated rings. The van der Waals surface area contributed by atoms with Crippen LogP contribution < -0.4 is 62.4 Å². The van der Waals surface area contributed by atoms with Gasteiger partial charge in [0.05, 0.1) is 67.7 Å². The van der Waals surface area contributed by atoms with Gasteiger partial charge >= 0.3 is 23.9 Å². The molecule has 2 aliphatic carbocycles. The number of fused-ring (bicyclic) bond motifs is 4. The van der Waals surface area contributed by atoms with Crippen LogP contribution in [0.2, 0.25) is 0 Å². The average Bonchev–Trinajstić information content (AvgIpc) is 3.56. The maximum absolute atomic E-state index is 13.0. The molecule has 4 aliphatic rings. The number of hydrogen-bond donors (Lipinski definition) is 0. The highest BCUT2D eigenvalue weighted by Crippen LogP contribution is 2.46. The number of ether oxygens (including phenoxy) is 8. The van der Waals surface area contributed by atoms with Gasteiger partial charge in [-0.05, 0) is 37.1 Å². The van der Waals surface area contributed by atoms with E-state index in [1.54, 1.807) is 42.3 Å². The van der Waals surface area contributed by atoms with Crippen molar-refractivity contribution in [2.75, 3.05) is 55.6 Å².